The first kappa shape index (κ1) is 20.9. The number of para-hydroxylation sites is 1. The molecule has 0 saturated carbocycles. The van der Waals surface area contributed by atoms with E-state index in [1.807, 2.05) is 6.92 Å². The van der Waals surface area contributed by atoms with E-state index in [4.69, 9.17) is 37.4 Å². The van der Waals surface area contributed by atoms with Crippen LogP contribution in [0.5, 0.6) is 11.5 Å². The van der Waals surface area contributed by atoms with Crippen LogP contribution in [0.4, 0.5) is 5.69 Å². The van der Waals surface area contributed by atoms with Crippen LogP contribution in [-0.4, -0.2) is 31.7 Å². The Morgan fingerprint density at radius 3 is 2.15 bits per heavy atom. The molecule has 0 aliphatic rings. The SMILES string of the molecule is CCOc1ccc(OCCC(=O)OCC(=O)Nc2c(Cl)cccc2Cl)cc1. The van der Waals surface area contributed by atoms with Crippen LogP contribution in [0.2, 0.25) is 10.0 Å². The summed E-state index contributed by atoms with van der Waals surface area (Å²) < 4.78 is 15.7. The van der Waals surface area contributed by atoms with Gasteiger partial charge in [0.2, 0.25) is 0 Å². The second-order valence-corrected chi connectivity index (χ2v) is 6.12. The molecule has 0 unspecified atom stereocenters. The highest BCUT2D eigenvalue weighted by Gasteiger charge is 2.12. The van der Waals surface area contributed by atoms with E-state index in [2.05, 4.69) is 5.32 Å². The van der Waals surface area contributed by atoms with Gasteiger partial charge in [0.05, 0.1) is 35.4 Å². The number of esters is 1. The van der Waals surface area contributed by atoms with Gasteiger partial charge in [0.15, 0.2) is 6.61 Å². The molecule has 2 aromatic carbocycles. The average molecular weight is 412 g/mol. The summed E-state index contributed by atoms with van der Waals surface area (Å²) in [5.74, 6) is 0.262. The van der Waals surface area contributed by atoms with Crippen molar-refractivity contribution in [3.8, 4) is 11.5 Å². The number of rotatable bonds is 9. The van der Waals surface area contributed by atoms with Crippen LogP contribution in [0.1, 0.15) is 13.3 Å². The molecular weight excluding hydrogens is 393 g/mol. The molecule has 144 valence electrons. The molecule has 1 amide bonds. The summed E-state index contributed by atoms with van der Waals surface area (Å²) in [5, 5.41) is 3.10. The van der Waals surface area contributed by atoms with Gasteiger partial charge >= 0.3 is 5.97 Å². The van der Waals surface area contributed by atoms with Gasteiger partial charge < -0.3 is 19.5 Å². The van der Waals surface area contributed by atoms with Crippen molar-refractivity contribution in [2.45, 2.75) is 13.3 Å². The molecule has 0 radical (unpaired) electrons. The highest BCUT2D eigenvalue weighted by molar-refractivity contribution is 6.39. The number of anilines is 1. The van der Waals surface area contributed by atoms with Crippen molar-refractivity contribution in [3.05, 3.63) is 52.5 Å². The molecule has 0 aliphatic carbocycles. The first-order valence-corrected chi connectivity index (χ1v) is 9.00. The van der Waals surface area contributed by atoms with Gasteiger partial charge in [-0.15, -0.1) is 0 Å². The first-order chi connectivity index (χ1) is 13.0. The standard InChI is InChI=1S/C19H19Cl2NO5/c1-2-25-13-6-8-14(9-7-13)26-11-10-18(24)27-12-17(23)22-19-15(20)4-3-5-16(19)21/h3-9H,2,10-12H2,1H3,(H,22,23). The maximum Gasteiger partial charge on any atom is 0.309 e. The summed E-state index contributed by atoms with van der Waals surface area (Å²) in [4.78, 5) is 23.6. The number of carbonyl (C=O) groups is 2. The number of hydrogen-bond acceptors (Lipinski definition) is 5. The van der Waals surface area contributed by atoms with Crippen molar-refractivity contribution >= 4 is 40.8 Å². The fourth-order valence-electron chi connectivity index (χ4n) is 2.06. The fraction of sp³-hybridized carbons (Fsp3) is 0.263. The molecule has 0 bridgehead atoms. The molecule has 0 heterocycles. The quantitative estimate of drug-likeness (QED) is 0.621. The van der Waals surface area contributed by atoms with Crippen LogP contribution >= 0.6 is 23.2 Å². The van der Waals surface area contributed by atoms with Crippen LogP contribution in [0, 0.1) is 0 Å². The maximum absolute atomic E-state index is 11.9. The molecule has 2 rings (SSSR count). The summed E-state index contributed by atoms with van der Waals surface area (Å²) in [5.41, 5.74) is 0.278. The number of amides is 1. The predicted octanol–water partition coefficient (Wildman–Crippen LogP) is 4.34. The van der Waals surface area contributed by atoms with Crippen molar-refractivity contribution in [1.82, 2.24) is 0 Å². The van der Waals surface area contributed by atoms with E-state index in [0.29, 0.717) is 22.4 Å². The van der Waals surface area contributed by atoms with Gasteiger partial charge in [-0.2, -0.15) is 0 Å². The Hall–Kier alpha value is -2.44. The van der Waals surface area contributed by atoms with Crippen molar-refractivity contribution in [1.29, 1.82) is 0 Å². The third-order valence-corrected chi connectivity index (χ3v) is 3.93. The van der Waals surface area contributed by atoms with Crippen molar-refractivity contribution in [3.63, 3.8) is 0 Å². The zero-order valence-electron chi connectivity index (χ0n) is 14.7. The average Bonchev–Trinajstić information content (AvgIpc) is 2.65. The summed E-state index contributed by atoms with van der Waals surface area (Å²) in [7, 11) is 0. The minimum atomic E-state index is -0.554. The topological polar surface area (TPSA) is 73.9 Å². The van der Waals surface area contributed by atoms with Gasteiger partial charge in [0.1, 0.15) is 11.5 Å². The number of carbonyl (C=O) groups excluding carboxylic acids is 2. The van der Waals surface area contributed by atoms with Crippen molar-refractivity contribution in [2.75, 3.05) is 25.1 Å². The van der Waals surface area contributed by atoms with Crippen LogP contribution in [-0.2, 0) is 14.3 Å². The van der Waals surface area contributed by atoms with Crippen LogP contribution in [0.3, 0.4) is 0 Å². The van der Waals surface area contributed by atoms with Gasteiger partial charge in [-0.05, 0) is 43.3 Å². The Balaban J connectivity index is 1.69. The smallest absolute Gasteiger partial charge is 0.309 e. The normalized spacial score (nSPS) is 10.2. The van der Waals surface area contributed by atoms with E-state index in [-0.39, 0.29) is 18.7 Å². The van der Waals surface area contributed by atoms with Gasteiger partial charge in [0, 0.05) is 0 Å². The molecular formula is C19H19Cl2NO5. The minimum Gasteiger partial charge on any atom is -0.494 e. The highest BCUT2D eigenvalue weighted by atomic mass is 35.5. The van der Waals surface area contributed by atoms with Gasteiger partial charge in [-0.1, -0.05) is 29.3 Å². The Morgan fingerprint density at radius 1 is 0.963 bits per heavy atom. The molecule has 0 spiro atoms. The second kappa shape index (κ2) is 10.6. The van der Waals surface area contributed by atoms with E-state index in [0.717, 1.165) is 5.75 Å². The minimum absolute atomic E-state index is 0.00728. The monoisotopic (exact) mass is 411 g/mol. The zero-order valence-corrected chi connectivity index (χ0v) is 16.2. The lowest BCUT2D eigenvalue weighted by Gasteiger charge is -2.10. The molecule has 0 aromatic heterocycles. The Morgan fingerprint density at radius 2 is 1.56 bits per heavy atom. The molecule has 0 fully saturated rings. The number of nitrogens with one attached hydrogen (secondary N) is 1. The van der Waals surface area contributed by atoms with Gasteiger partial charge in [0.25, 0.3) is 5.91 Å². The van der Waals surface area contributed by atoms with E-state index in [9.17, 15) is 9.59 Å². The number of ether oxygens (including phenoxy) is 3. The van der Waals surface area contributed by atoms with E-state index < -0.39 is 18.5 Å². The molecule has 8 heteroatoms. The van der Waals surface area contributed by atoms with E-state index in [1.165, 1.54) is 0 Å². The van der Waals surface area contributed by atoms with Gasteiger partial charge in [-0.25, -0.2) is 0 Å². The Kier molecular flexibility index (Phi) is 8.23. The van der Waals surface area contributed by atoms with E-state index in [1.54, 1.807) is 42.5 Å². The van der Waals surface area contributed by atoms with Crippen LogP contribution in [0.15, 0.2) is 42.5 Å². The molecule has 0 aliphatic heterocycles. The summed E-state index contributed by atoms with van der Waals surface area (Å²) >= 11 is 11.9. The van der Waals surface area contributed by atoms with Crippen LogP contribution < -0.4 is 14.8 Å². The fourth-order valence-corrected chi connectivity index (χ4v) is 2.55. The Bertz CT molecular complexity index is 760. The predicted molar refractivity (Wildman–Crippen MR) is 104 cm³/mol. The maximum atomic E-state index is 11.9. The molecule has 1 N–H and O–H groups in total. The first-order valence-electron chi connectivity index (χ1n) is 8.24. The number of halogens is 2. The number of benzene rings is 2. The third kappa shape index (κ3) is 7.00. The molecule has 2 aromatic rings. The molecule has 0 atom stereocenters. The third-order valence-electron chi connectivity index (χ3n) is 3.30. The molecule has 27 heavy (non-hydrogen) atoms. The van der Waals surface area contributed by atoms with Crippen molar-refractivity contribution in [2.24, 2.45) is 0 Å². The zero-order chi connectivity index (χ0) is 19.6. The van der Waals surface area contributed by atoms with Gasteiger partial charge in [-0.3, -0.25) is 9.59 Å². The largest absolute Gasteiger partial charge is 0.494 e. The van der Waals surface area contributed by atoms with E-state index >= 15 is 0 Å². The van der Waals surface area contributed by atoms with Crippen molar-refractivity contribution < 1.29 is 23.8 Å². The Labute approximate surface area is 167 Å². The lowest BCUT2D eigenvalue weighted by atomic mass is 10.3. The lowest BCUT2D eigenvalue weighted by molar-refractivity contribution is -0.147. The number of hydrogen-bond donors (Lipinski definition) is 1. The molecule has 6 nitrogen and oxygen atoms in total. The highest BCUT2D eigenvalue weighted by Crippen LogP contribution is 2.29. The summed E-state index contributed by atoms with van der Waals surface area (Å²) in [6, 6.07) is 11.9. The second-order valence-electron chi connectivity index (χ2n) is 5.31. The summed E-state index contributed by atoms with van der Waals surface area (Å²) in [6.07, 6.45) is 0.00728. The summed E-state index contributed by atoms with van der Waals surface area (Å²) in [6.45, 7) is 2.18. The molecule has 0 saturated heterocycles. The lowest BCUT2D eigenvalue weighted by Crippen LogP contribution is -2.22. The van der Waals surface area contributed by atoms with Crippen LogP contribution in [0.25, 0.3) is 0 Å².